The Morgan fingerprint density at radius 3 is 2.40 bits per heavy atom. The van der Waals surface area contributed by atoms with Crippen LogP contribution in [-0.4, -0.2) is 32.1 Å². The molecule has 0 atom stereocenters. The van der Waals surface area contributed by atoms with Gasteiger partial charge in [-0.05, 0) is 37.3 Å². The first-order valence-electron chi connectivity index (χ1n) is 7.69. The first-order valence-corrected chi connectivity index (χ1v) is 7.69. The molecule has 0 aliphatic rings. The zero-order valence-corrected chi connectivity index (χ0v) is 14.2. The van der Waals surface area contributed by atoms with Crippen LogP contribution < -0.4 is 25.8 Å². The summed E-state index contributed by atoms with van der Waals surface area (Å²) < 4.78 is 10.6. The van der Waals surface area contributed by atoms with Gasteiger partial charge in [0.05, 0.1) is 19.3 Å². The van der Waals surface area contributed by atoms with Gasteiger partial charge < -0.3 is 25.8 Å². The van der Waals surface area contributed by atoms with Gasteiger partial charge in [-0.3, -0.25) is 9.59 Å². The van der Waals surface area contributed by atoms with Gasteiger partial charge in [0, 0.05) is 5.69 Å². The van der Waals surface area contributed by atoms with Gasteiger partial charge in [-0.2, -0.15) is 0 Å². The van der Waals surface area contributed by atoms with Crippen LogP contribution in [0.1, 0.15) is 5.56 Å². The Bertz CT molecular complexity index is 744. The number of aryl methyl sites for hydroxylation is 1. The molecular weight excluding hydrogens is 322 g/mol. The Hall–Kier alpha value is -3.06. The number of carbonyl (C=O) groups is 2. The van der Waals surface area contributed by atoms with Crippen molar-refractivity contribution in [3.8, 4) is 11.5 Å². The quantitative estimate of drug-likeness (QED) is 0.713. The van der Waals surface area contributed by atoms with E-state index in [2.05, 4.69) is 10.6 Å². The lowest BCUT2D eigenvalue weighted by Gasteiger charge is -2.12. The van der Waals surface area contributed by atoms with E-state index >= 15 is 0 Å². The highest BCUT2D eigenvalue weighted by Gasteiger charge is 2.10. The maximum absolute atomic E-state index is 12.0. The van der Waals surface area contributed by atoms with E-state index in [0.29, 0.717) is 22.9 Å². The maximum atomic E-state index is 12.0. The highest BCUT2D eigenvalue weighted by molar-refractivity contribution is 5.96. The highest BCUT2D eigenvalue weighted by Crippen LogP contribution is 2.27. The molecule has 0 saturated carbocycles. The van der Waals surface area contributed by atoms with Crippen LogP contribution in [0.15, 0.2) is 42.5 Å². The molecule has 0 fully saturated rings. The van der Waals surface area contributed by atoms with E-state index in [1.807, 2.05) is 19.1 Å². The number of ether oxygens (including phenoxy) is 2. The topological polar surface area (TPSA) is 103 Å². The summed E-state index contributed by atoms with van der Waals surface area (Å²) >= 11 is 0. The smallest absolute Gasteiger partial charge is 0.262 e. The number of carbonyl (C=O) groups excluding carboxylic acids is 2. The molecule has 0 aromatic heterocycles. The molecule has 2 aromatic carbocycles. The fourth-order valence-corrected chi connectivity index (χ4v) is 2.07. The van der Waals surface area contributed by atoms with E-state index in [0.717, 1.165) is 5.56 Å². The molecule has 0 radical (unpaired) electrons. The Morgan fingerprint density at radius 1 is 1.04 bits per heavy atom. The van der Waals surface area contributed by atoms with E-state index in [1.54, 1.807) is 30.3 Å². The molecule has 7 nitrogen and oxygen atoms in total. The molecule has 0 spiro atoms. The van der Waals surface area contributed by atoms with Crippen LogP contribution in [-0.2, 0) is 9.59 Å². The third-order valence-corrected chi connectivity index (χ3v) is 3.33. The summed E-state index contributed by atoms with van der Waals surface area (Å²) in [5.74, 6) is 0.411. The summed E-state index contributed by atoms with van der Waals surface area (Å²) in [6, 6.07) is 12.3. The van der Waals surface area contributed by atoms with Gasteiger partial charge in [-0.25, -0.2) is 0 Å². The predicted molar refractivity (Wildman–Crippen MR) is 96.0 cm³/mol. The third-order valence-electron chi connectivity index (χ3n) is 3.33. The second kappa shape index (κ2) is 8.70. The largest absolute Gasteiger partial charge is 0.495 e. The molecule has 0 saturated heterocycles. The predicted octanol–water partition coefficient (Wildman–Crippen LogP) is 1.92. The zero-order chi connectivity index (χ0) is 18.2. The lowest BCUT2D eigenvalue weighted by Crippen LogP contribution is -2.23. The number of hydrogen-bond acceptors (Lipinski definition) is 5. The molecule has 0 bridgehead atoms. The molecule has 132 valence electrons. The summed E-state index contributed by atoms with van der Waals surface area (Å²) in [5.41, 5.74) is 7.34. The van der Waals surface area contributed by atoms with Crippen molar-refractivity contribution in [1.82, 2.24) is 0 Å². The monoisotopic (exact) mass is 343 g/mol. The molecule has 0 heterocycles. The highest BCUT2D eigenvalue weighted by atomic mass is 16.5. The van der Waals surface area contributed by atoms with Crippen molar-refractivity contribution in [3.63, 3.8) is 0 Å². The van der Waals surface area contributed by atoms with Crippen LogP contribution >= 0.6 is 0 Å². The molecule has 0 aliphatic carbocycles. The summed E-state index contributed by atoms with van der Waals surface area (Å²) in [6.45, 7) is 1.70. The number of rotatable bonds is 7. The van der Waals surface area contributed by atoms with Crippen LogP contribution in [0.4, 0.5) is 11.4 Å². The summed E-state index contributed by atoms with van der Waals surface area (Å²) in [5, 5.41) is 5.32. The van der Waals surface area contributed by atoms with Crippen LogP contribution in [0.3, 0.4) is 0 Å². The minimum atomic E-state index is -0.357. The first-order chi connectivity index (χ1) is 12.0. The fourth-order valence-electron chi connectivity index (χ4n) is 2.07. The van der Waals surface area contributed by atoms with Gasteiger partial charge >= 0.3 is 0 Å². The minimum Gasteiger partial charge on any atom is -0.495 e. The average Bonchev–Trinajstić information content (AvgIpc) is 2.61. The number of methoxy groups -OCH3 is 1. The standard InChI is InChI=1S/C18H21N3O4/c1-12-3-6-14(7-4-12)25-11-18(23)20-13-5-8-16(24-2)15(9-13)21-17(22)10-19/h3-9H,10-11,19H2,1-2H3,(H,20,23)(H,21,22). The Morgan fingerprint density at radius 2 is 1.76 bits per heavy atom. The Balaban J connectivity index is 1.98. The molecule has 7 heteroatoms. The molecule has 4 N–H and O–H groups in total. The normalized spacial score (nSPS) is 10.0. The Labute approximate surface area is 146 Å². The van der Waals surface area contributed by atoms with Gasteiger partial charge in [0.15, 0.2) is 6.61 Å². The van der Waals surface area contributed by atoms with E-state index in [4.69, 9.17) is 15.2 Å². The van der Waals surface area contributed by atoms with Gasteiger partial charge in [0.1, 0.15) is 11.5 Å². The van der Waals surface area contributed by atoms with E-state index in [-0.39, 0.29) is 25.0 Å². The van der Waals surface area contributed by atoms with Gasteiger partial charge in [0.25, 0.3) is 5.91 Å². The maximum Gasteiger partial charge on any atom is 0.262 e. The lowest BCUT2D eigenvalue weighted by atomic mass is 10.2. The first kappa shape index (κ1) is 18.3. The van der Waals surface area contributed by atoms with Crippen LogP contribution in [0.5, 0.6) is 11.5 Å². The average molecular weight is 343 g/mol. The van der Waals surface area contributed by atoms with E-state index in [1.165, 1.54) is 7.11 Å². The number of benzene rings is 2. The third kappa shape index (κ3) is 5.50. The van der Waals surface area contributed by atoms with Crippen molar-refractivity contribution in [2.45, 2.75) is 6.92 Å². The molecule has 2 amide bonds. The summed E-state index contributed by atoms with van der Waals surface area (Å²) in [4.78, 5) is 23.5. The van der Waals surface area contributed by atoms with Crippen molar-refractivity contribution in [2.75, 3.05) is 30.9 Å². The molecule has 25 heavy (non-hydrogen) atoms. The number of amides is 2. The van der Waals surface area contributed by atoms with Crippen LogP contribution in [0.2, 0.25) is 0 Å². The zero-order valence-electron chi connectivity index (χ0n) is 14.2. The van der Waals surface area contributed by atoms with Gasteiger partial charge in [-0.15, -0.1) is 0 Å². The van der Waals surface area contributed by atoms with E-state index < -0.39 is 0 Å². The second-order valence-corrected chi connectivity index (χ2v) is 5.32. The summed E-state index contributed by atoms with van der Waals surface area (Å²) in [7, 11) is 1.49. The van der Waals surface area contributed by atoms with Crippen molar-refractivity contribution in [1.29, 1.82) is 0 Å². The molecule has 2 aromatic rings. The Kier molecular flexibility index (Phi) is 6.36. The number of anilines is 2. The van der Waals surface area contributed by atoms with Crippen molar-refractivity contribution < 1.29 is 19.1 Å². The molecule has 0 unspecified atom stereocenters. The molecule has 2 rings (SSSR count). The number of nitrogens with one attached hydrogen (secondary N) is 2. The van der Waals surface area contributed by atoms with Crippen molar-refractivity contribution in [3.05, 3.63) is 48.0 Å². The minimum absolute atomic E-state index is 0.125. The summed E-state index contributed by atoms with van der Waals surface area (Å²) in [6.07, 6.45) is 0. The number of nitrogens with two attached hydrogens (primary N) is 1. The van der Waals surface area contributed by atoms with Crippen LogP contribution in [0, 0.1) is 6.92 Å². The lowest BCUT2D eigenvalue weighted by molar-refractivity contribution is -0.118. The number of hydrogen-bond donors (Lipinski definition) is 3. The van der Waals surface area contributed by atoms with E-state index in [9.17, 15) is 9.59 Å². The fraction of sp³-hybridized carbons (Fsp3) is 0.222. The van der Waals surface area contributed by atoms with Crippen molar-refractivity contribution >= 4 is 23.2 Å². The van der Waals surface area contributed by atoms with Gasteiger partial charge in [-0.1, -0.05) is 17.7 Å². The molecular formula is C18H21N3O4. The van der Waals surface area contributed by atoms with Crippen LogP contribution in [0.25, 0.3) is 0 Å². The van der Waals surface area contributed by atoms with Crippen molar-refractivity contribution in [2.24, 2.45) is 5.73 Å². The SMILES string of the molecule is COc1ccc(NC(=O)COc2ccc(C)cc2)cc1NC(=O)CN. The van der Waals surface area contributed by atoms with Gasteiger partial charge in [0.2, 0.25) is 5.91 Å². The second-order valence-electron chi connectivity index (χ2n) is 5.32. The molecule has 0 aliphatic heterocycles.